The lowest BCUT2D eigenvalue weighted by molar-refractivity contribution is -0.137. The number of alkyl halides is 3. The van der Waals surface area contributed by atoms with Crippen LogP contribution in [0, 0.1) is 5.92 Å². The number of carbonyl (C=O) groups excluding carboxylic acids is 2. The number of ether oxygens (including phenoxy) is 1. The molecule has 0 radical (unpaired) electrons. The summed E-state index contributed by atoms with van der Waals surface area (Å²) in [4.78, 5) is 37.6. The molecule has 39 heavy (non-hydrogen) atoms. The second kappa shape index (κ2) is 10.6. The highest BCUT2D eigenvalue weighted by Gasteiger charge is 2.64. The standard InChI is InChI=1S/C27H26F3N5O4/c28-27(29,30)18-3-1-2-4-20(18)32-17-7-5-16(6-8-17)15-31-25(38)19-11-13-39-14-12-26(19)24(33-26)23(37)21-9-10-22(36)35-34-21/h1-10,19,24,32-33H,11-15H2,(H,31,38)(H,35,36). The second-order valence-electron chi connectivity index (χ2n) is 9.58. The molecule has 2 aliphatic rings. The summed E-state index contributed by atoms with van der Waals surface area (Å²) in [5.74, 6) is -1.07. The van der Waals surface area contributed by atoms with Gasteiger partial charge in [0, 0.05) is 31.5 Å². The Hall–Kier alpha value is -4.03. The largest absolute Gasteiger partial charge is 0.418 e. The Kier molecular flexibility index (Phi) is 7.23. The number of hydrogen-bond donors (Lipinski definition) is 4. The number of benzene rings is 2. The van der Waals surface area contributed by atoms with E-state index >= 15 is 0 Å². The van der Waals surface area contributed by atoms with Crippen LogP contribution in [0.1, 0.15) is 34.5 Å². The maximum absolute atomic E-state index is 13.3. The molecule has 1 aromatic heterocycles. The topological polar surface area (TPSA) is 135 Å². The molecule has 0 bridgehead atoms. The molecule has 3 aromatic rings. The first-order valence-corrected chi connectivity index (χ1v) is 12.4. The van der Waals surface area contributed by atoms with E-state index in [2.05, 4.69) is 26.1 Å². The number of amides is 1. The van der Waals surface area contributed by atoms with Crippen molar-refractivity contribution in [3.63, 3.8) is 0 Å². The van der Waals surface area contributed by atoms with E-state index in [0.29, 0.717) is 31.7 Å². The van der Waals surface area contributed by atoms with Gasteiger partial charge in [0.15, 0.2) is 0 Å². The van der Waals surface area contributed by atoms with Crippen molar-refractivity contribution in [3.8, 4) is 0 Å². The molecular weight excluding hydrogens is 515 g/mol. The van der Waals surface area contributed by atoms with Crippen LogP contribution in [0.4, 0.5) is 24.5 Å². The van der Waals surface area contributed by atoms with Gasteiger partial charge in [-0.25, -0.2) is 5.10 Å². The van der Waals surface area contributed by atoms with Gasteiger partial charge in [0.05, 0.1) is 28.7 Å². The number of nitrogens with one attached hydrogen (secondary N) is 4. The Balaban J connectivity index is 1.23. The highest BCUT2D eigenvalue weighted by Crippen LogP contribution is 2.43. The molecule has 1 amide bonds. The minimum Gasteiger partial charge on any atom is -0.381 e. The number of Topliss-reactive ketones (excluding diaryl/α,β-unsaturated/α-hetero) is 1. The van der Waals surface area contributed by atoms with Crippen molar-refractivity contribution in [2.75, 3.05) is 18.5 Å². The molecule has 3 unspecified atom stereocenters. The third-order valence-corrected chi connectivity index (χ3v) is 7.12. The van der Waals surface area contributed by atoms with E-state index in [4.69, 9.17) is 4.74 Å². The number of para-hydroxylation sites is 1. The van der Waals surface area contributed by atoms with Gasteiger partial charge in [-0.3, -0.25) is 19.7 Å². The van der Waals surface area contributed by atoms with Crippen LogP contribution in [-0.4, -0.2) is 46.7 Å². The van der Waals surface area contributed by atoms with Crippen molar-refractivity contribution in [1.29, 1.82) is 0 Å². The van der Waals surface area contributed by atoms with Crippen LogP contribution in [0.5, 0.6) is 0 Å². The molecule has 2 fully saturated rings. The van der Waals surface area contributed by atoms with Crippen molar-refractivity contribution in [1.82, 2.24) is 20.8 Å². The van der Waals surface area contributed by atoms with Gasteiger partial charge < -0.3 is 15.4 Å². The summed E-state index contributed by atoms with van der Waals surface area (Å²) in [6, 6.07) is 13.9. The van der Waals surface area contributed by atoms with Crippen molar-refractivity contribution in [2.45, 2.75) is 37.1 Å². The highest BCUT2D eigenvalue weighted by atomic mass is 19.4. The zero-order chi connectivity index (χ0) is 27.6. The van der Waals surface area contributed by atoms with Crippen molar-refractivity contribution >= 4 is 23.1 Å². The monoisotopic (exact) mass is 541 g/mol. The lowest BCUT2D eigenvalue weighted by Gasteiger charge is -2.23. The van der Waals surface area contributed by atoms with E-state index in [1.54, 1.807) is 24.3 Å². The minimum atomic E-state index is -4.48. The Morgan fingerprint density at radius 3 is 2.54 bits per heavy atom. The number of H-pyrrole nitrogens is 1. The second-order valence-corrected chi connectivity index (χ2v) is 9.58. The number of ketones is 1. The van der Waals surface area contributed by atoms with Crippen LogP contribution < -0.4 is 21.5 Å². The fourth-order valence-electron chi connectivity index (χ4n) is 5.03. The molecule has 2 saturated heterocycles. The Labute approximate surface area is 221 Å². The molecule has 204 valence electrons. The summed E-state index contributed by atoms with van der Waals surface area (Å²) >= 11 is 0. The summed E-state index contributed by atoms with van der Waals surface area (Å²) < 4.78 is 45.4. The van der Waals surface area contributed by atoms with E-state index in [9.17, 15) is 27.6 Å². The lowest BCUT2D eigenvalue weighted by atomic mass is 9.82. The van der Waals surface area contributed by atoms with Gasteiger partial charge in [-0.15, -0.1) is 0 Å². The predicted octanol–water partition coefficient (Wildman–Crippen LogP) is 3.17. The van der Waals surface area contributed by atoms with Crippen LogP contribution in [0.3, 0.4) is 0 Å². The van der Waals surface area contributed by atoms with Crippen LogP contribution >= 0.6 is 0 Å². The number of aromatic nitrogens is 2. The molecular formula is C27H26F3N5O4. The molecule has 0 saturated carbocycles. The zero-order valence-electron chi connectivity index (χ0n) is 20.7. The number of nitrogens with zero attached hydrogens (tertiary/aromatic N) is 1. The van der Waals surface area contributed by atoms with Crippen molar-refractivity contribution in [3.05, 3.63) is 87.8 Å². The maximum atomic E-state index is 13.3. The summed E-state index contributed by atoms with van der Waals surface area (Å²) in [5, 5.41) is 15.0. The number of aromatic amines is 1. The summed E-state index contributed by atoms with van der Waals surface area (Å²) in [6.45, 7) is 0.969. The molecule has 1 spiro atoms. The van der Waals surface area contributed by atoms with Gasteiger partial charge in [0.25, 0.3) is 5.56 Å². The molecule has 2 aliphatic heterocycles. The molecule has 3 heterocycles. The molecule has 4 N–H and O–H groups in total. The molecule has 2 aromatic carbocycles. The fourth-order valence-corrected chi connectivity index (χ4v) is 5.03. The molecule has 0 aliphatic carbocycles. The quantitative estimate of drug-likeness (QED) is 0.267. The van der Waals surface area contributed by atoms with Gasteiger partial charge in [0.2, 0.25) is 11.7 Å². The summed E-state index contributed by atoms with van der Waals surface area (Å²) in [6.07, 6.45) is -3.60. The van der Waals surface area contributed by atoms with Crippen LogP contribution in [0.25, 0.3) is 0 Å². The van der Waals surface area contributed by atoms with Gasteiger partial charge in [-0.2, -0.15) is 18.3 Å². The van der Waals surface area contributed by atoms with Crippen LogP contribution in [0.2, 0.25) is 0 Å². The first kappa shape index (κ1) is 26.6. The lowest BCUT2D eigenvalue weighted by Crippen LogP contribution is -2.42. The third kappa shape index (κ3) is 5.71. The average molecular weight is 542 g/mol. The molecule has 9 nitrogen and oxygen atoms in total. The van der Waals surface area contributed by atoms with Crippen molar-refractivity contribution in [2.24, 2.45) is 5.92 Å². The van der Waals surface area contributed by atoms with Crippen molar-refractivity contribution < 1.29 is 27.5 Å². The van der Waals surface area contributed by atoms with E-state index in [0.717, 1.165) is 11.6 Å². The van der Waals surface area contributed by atoms with Crippen LogP contribution in [-0.2, 0) is 22.3 Å². The number of halogens is 3. The van der Waals surface area contributed by atoms with E-state index < -0.39 is 34.8 Å². The third-order valence-electron chi connectivity index (χ3n) is 7.12. The number of hydrogen-bond acceptors (Lipinski definition) is 7. The van der Waals surface area contributed by atoms with Gasteiger partial charge in [0.1, 0.15) is 5.69 Å². The normalized spacial score (nSPS) is 22.6. The van der Waals surface area contributed by atoms with Gasteiger partial charge >= 0.3 is 6.18 Å². The summed E-state index contributed by atoms with van der Waals surface area (Å²) in [5.41, 5.74) is -0.656. The Morgan fingerprint density at radius 1 is 1.05 bits per heavy atom. The van der Waals surface area contributed by atoms with E-state index in [1.165, 1.54) is 30.3 Å². The molecule has 12 heteroatoms. The maximum Gasteiger partial charge on any atom is 0.418 e. The van der Waals surface area contributed by atoms with E-state index in [-0.39, 0.29) is 29.6 Å². The van der Waals surface area contributed by atoms with Crippen LogP contribution in [0.15, 0.2) is 65.5 Å². The average Bonchev–Trinajstić information content (AvgIpc) is 3.69. The first-order chi connectivity index (χ1) is 18.7. The number of anilines is 2. The first-order valence-electron chi connectivity index (χ1n) is 12.4. The minimum absolute atomic E-state index is 0.0509. The van der Waals surface area contributed by atoms with Gasteiger partial charge in [-0.1, -0.05) is 24.3 Å². The Morgan fingerprint density at radius 2 is 1.82 bits per heavy atom. The highest BCUT2D eigenvalue weighted by molar-refractivity contribution is 6.03. The zero-order valence-corrected chi connectivity index (χ0v) is 20.7. The van der Waals surface area contributed by atoms with Gasteiger partial charge in [-0.05, 0) is 48.7 Å². The fraction of sp³-hybridized carbons (Fsp3) is 0.333. The Bertz CT molecular complexity index is 1410. The molecule has 3 atom stereocenters. The molecule has 5 rings (SSSR count). The SMILES string of the molecule is O=C(NCc1ccc(Nc2ccccc2C(F)(F)F)cc1)C1CCOCCC12NC2C(=O)c1ccc(=O)[nH]n1. The van der Waals surface area contributed by atoms with E-state index in [1.807, 2.05) is 0 Å². The number of rotatable bonds is 7. The smallest absolute Gasteiger partial charge is 0.381 e. The predicted molar refractivity (Wildman–Crippen MR) is 135 cm³/mol. The summed E-state index contributed by atoms with van der Waals surface area (Å²) in [7, 11) is 0. The number of carbonyl (C=O) groups is 2.